The summed E-state index contributed by atoms with van der Waals surface area (Å²) in [4.78, 5) is 25.5. The molecule has 0 aromatic heterocycles. The number of esters is 1. The second kappa shape index (κ2) is 7.45. The van der Waals surface area contributed by atoms with E-state index in [4.69, 9.17) is 9.47 Å². The van der Waals surface area contributed by atoms with Crippen molar-refractivity contribution in [2.75, 3.05) is 14.1 Å². The number of amides is 1. The van der Waals surface area contributed by atoms with Gasteiger partial charge in [0.25, 0.3) is 5.91 Å². The van der Waals surface area contributed by atoms with Gasteiger partial charge in [0.2, 0.25) is 0 Å². The zero-order chi connectivity index (χ0) is 16.8. The highest BCUT2D eigenvalue weighted by atomic mass is 16.5. The highest BCUT2D eigenvalue weighted by Gasteiger charge is 2.22. The maximum absolute atomic E-state index is 12.3. The van der Waals surface area contributed by atoms with Crippen LogP contribution in [0.25, 0.3) is 0 Å². The summed E-state index contributed by atoms with van der Waals surface area (Å²) >= 11 is 0. The van der Waals surface area contributed by atoms with Crippen molar-refractivity contribution in [1.29, 1.82) is 0 Å². The first-order valence-corrected chi connectivity index (χ1v) is 7.23. The van der Waals surface area contributed by atoms with Crippen LogP contribution in [-0.4, -0.2) is 37.0 Å². The molecule has 0 fully saturated rings. The maximum Gasteiger partial charge on any atom is 0.342 e. The summed E-state index contributed by atoms with van der Waals surface area (Å²) in [5, 5.41) is 0. The summed E-state index contributed by atoms with van der Waals surface area (Å²) < 4.78 is 11.0. The van der Waals surface area contributed by atoms with Crippen molar-refractivity contribution in [2.45, 2.75) is 13.0 Å². The Morgan fingerprint density at radius 3 is 2.22 bits per heavy atom. The smallest absolute Gasteiger partial charge is 0.342 e. The second-order valence-corrected chi connectivity index (χ2v) is 5.19. The van der Waals surface area contributed by atoms with E-state index in [1.165, 1.54) is 4.90 Å². The number of carbonyl (C=O) groups excluding carboxylic acids is 2. The zero-order valence-electron chi connectivity index (χ0n) is 13.4. The lowest BCUT2D eigenvalue weighted by Gasteiger charge is -2.18. The Balaban J connectivity index is 2.16. The molecule has 120 valence electrons. The molecule has 0 N–H and O–H groups in total. The summed E-state index contributed by atoms with van der Waals surface area (Å²) in [6.45, 7) is 1.54. The molecule has 2 aromatic carbocycles. The molecular formula is C18H19NO4. The van der Waals surface area contributed by atoms with E-state index in [1.807, 2.05) is 18.2 Å². The van der Waals surface area contributed by atoms with Crippen LogP contribution in [0.1, 0.15) is 17.3 Å². The zero-order valence-corrected chi connectivity index (χ0v) is 13.4. The van der Waals surface area contributed by atoms with E-state index in [0.717, 1.165) is 0 Å². The molecule has 2 rings (SSSR count). The molecule has 0 heterocycles. The third-order valence-electron chi connectivity index (χ3n) is 3.15. The molecule has 0 saturated carbocycles. The molecular weight excluding hydrogens is 294 g/mol. The average molecular weight is 313 g/mol. The first kappa shape index (κ1) is 16.5. The molecule has 5 nitrogen and oxygen atoms in total. The summed E-state index contributed by atoms with van der Waals surface area (Å²) in [6.07, 6.45) is -0.859. The Bertz CT molecular complexity index is 682. The van der Waals surface area contributed by atoms with Crippen LogP contribution in [0.5, 0.6) is 11.5 Å². The van der Waals surface area contributed by atoms with Gasteiger partial charge in [-0.15, -0.1) is 0 Å². The number of rotatable bonds is 5. The van der Waals surface area contributed by atoms with Gasteiger partial charge >= 0.3 is 5.97 Å². The lowest BCUT2D eigenvalue weighted by Crippen LogP contribution is -2.34. The third kappa shape index (κ3) is 4.32. The number of carbonyl (C=O) groups is 2. The monoisotopic (exact) mass is 313 g/mol. The van der Waals surface area contributed by atoms with E-state index in [1.54, 1.807) is 57.4 Å². The molecule has 0 radical (unpaired) electrons. The van der Waals surface area contributed by atoms with Gasteiger partial charge in [0.05, 0.1) is 0 Å². The number of likely N-dealkylation sites (N-methyl/N-ethyl adjacent to an activating group) is 1. The van der Waals surface area contributed by atoms with Crippen LogP contribution in [0.2, 0.25) is 0 Å². The lowest BCUT2D eigenvalue weighted by molar-refractivity contribution is -0.137. The van der Waals surface area contributed by atoms with Crippen molar-refractivity contribution in [3.63, 3.8) is 0 Å². The Hall–Kier alpha value is -2.82. The molecule has 0 bridgehead atoms. The fourth-order valence-corrected chi connectivity index (χ4v) is 1.98. The predicted molar refractivity (Wildman–Crippen MR) is 86.5 cm³/mol. The van der Waals surface area contributed by atoms with E-state index in [2.05, 4.69) is 0 Å². The van der Waals surface area contributed by atoms with E-state index < -0.39 is 12.1 Å². The molecule has 0 saturated heterocycles. The van der Waals surface area contributed by atoms with Crippen molar-refractivity contribution in [2.24, 2.45) is 0 Å². The first-order chi connectivity index (χ1) is 11.0. The second-order valence-electron chi connectivity index (χ2n) is 5.19. The van der Waals surface area contributed by atoms with Crippen molar-refractivity contribution in [3.8, 4) is 11.5 Å². The van der Waals surface area contributed by atoms with Crippen LogP contribution in [0.15, 0.2) is 54.6 Å². The molecule has 0 aliphatic heterocycles. The Morgan fingerprint density at radius 2 is 1.57 bits per heavy atom. The predicted octanol–water partition coefficient (Wildman–Crippen LogP) is 3.11. The molecule has 0 spiro atoms. The topological polar surface area (TPSA) is 55.8 Å². The first-order valence-electron chi connectivity index (χ1n) is 7.23. The van der Waals surface area contributed by atoms with Gasteiger partial charge in [0, 0.05) is 14.1 Å². The summed E-state index contributed by atoms with van der Waals surface area (Å²) in [5.41, 5.74) is 0.273. The highest BCUT2D eigenvalue weighted by Crippen LogP contribution is 2.25. The number of para-hydroxylation sites is 2. The molecule has 23 heavy (non-hydrogen) atoms. The molecule has 1 atom stereocenters. The highest BCUT2D eigenvalue weighted by molar-refractivity contribution is 5.94. The fraction of sp³-hybridized carbons (Fsp3) is 0.222. The summed E-state index contributed by atoms with van der Waals surface area (Å²) in [5.74, 6) is 0.123. The van der Waals surface area contributed by atoms with Gasteiger partial charge in [-0.2, -0.15) is 0 Å². The fourth-order valence-electron chi connectivity index (χ4n) is 1.98. The van der Waals surface area contributed by atoms with Crippen LogP contribution >= 0.6 is 0 Å². The molecule has 1 amide bonds. The molecule has 0 aliphatic carbocycles. The van der Waals surface area contributed by atoms with Gasteiger partial charge in [0.15, 0.2) is 6.10 Å². The minimum absolute atomic E-state index is 0.273. The van der Waals surface area contributed by atoms with Crippen molar-refractivity contribution in [3.05, 3.63) is 60.2 Å². The molecule has 5 heteroatoms. The van der Waals surface area contributed by atoms with Gasteiger partial charge in [0.1, 0.15) is 17.1 Å². The van der Waals surface area contributed by atoms with Gasteiger partial charge in [-0.1, -0.05) is 30.3 Å². The number of ether oxygens (including phenoxy) is 2. The van der Waals surface area contributed by atoms with Crippen LogP contribution in [0, 0.1) is 0 Å². The number of benzene rings is 2. The third-order valence-corrected chi connectivity index (χ3v) is 3.15. The quantitative estimate of drug-likeness (QED) is 0.796. The lowest BCUT2D eigenvalue weighted by atomic mass is 10.2. The van der Waals surface area contributed by atoms with Crippen LogP contribution in [0.4, 0.5) is 0 Å². The van der Waals surface area contributed by atoms with Crippen LogP contribution < -0.4 is 4.74 Å². The van der Waals surface area contributed by atoms with E-state index in [0.29, 0.717) is 11.5 Å². The number of hydrogen-bond donors (Lipinski definition) is 0. The Morgan fingerprint density at radius 1 is 0.957 bits per heavy atom. The van der Waals surface area contributed by atoms with Gasteiger partial charge in [-0.25, -0.2) is 4.79 Å². The molecule has 0 aliphatic rings. The number of hydrogen-bond acceptors (Lipinski definition) is 4. The van der Waals surface area contributed by atoms with E-state index in [-0.39, 0.29) is 11.5 Å². The molecule has 2 aromatic rings. The van der Waals surface area contributed by atoms with Gasteiger partial charge < -0.3 is 14.4 Å². The minimum Gasteiger partial charge on any atom is -0.456 e. The Kier molecular flexibility index (Phi) is 5.36. The van der Waals surface area contributed by atoms with Crippen molar-refractivity contribution < 1.29 is 19.1 Å². The minimum atomic E-state index is -0.859. The largest absolute Gasteiger partial charge is 0.456 e. The SMILES string of the molecule is C[C@@H](OC(=O)c1ccccc1Oc1ccccc1)C(=O)N(C)C. The Labute approximate surface area is 135 Å². The van der Waals surface area contributed by atoms with E-state index >= 15 is 0 Å². The van der Waals surface area contributed by atoms with Crippen LogP contribution in [0.3, 0.4) is 0 Å². The van der Waals surface area contributed by atoms with Gasteiger partial charge in [-0.3, -0.25) is 4.79 Å². The maximum atomic E-state index is 12.3. The van der Waals surface area contributed by atoms with Crippen LogP contribution in [-0.2, 0) is 9.53 Å². The van der Waals surface area contributed by atoms with Gasteiger partial charge in [-0.05, 0) is 31.2 Å². The molecule has 0 unspecified atom stereocenters. The van der Waals surface area contributed by atoms with Crippen molar-refractivity contribution in [1.82, 2.24) is 4.90 Å². The standard InChI is InChI=1S/C18H19NO4/c1-13(17(20)19(2)3)22-18(21)15-11-7-8-12-16(15)23-14-9-5-4-6-10-14/h4-13H,1-3H3/t13-/m1/s1. The normalized spacial score (nSPS) is 11.4. The average Bonchev–Trinajstić information content (AvgIpc) is 2.55. The van der Waals surface area contributed by atoms with E-state index in [9.17, 15) is 9.59 Å². The summed E-state index contributed by atoms with van der Waals surface area (Å²) in [6, 6.07) is 15.9. The van der Waals surface area contributed by atoms with Crippen molar-refractivity contribution >= 4 is 11.9 Å². The number of nitrogens with zero attached hydrogens (tertiary/aromatic N) is 1. The summed E-state index contributed by atoms with van der Waals surface area (Å²) in [7, 11) is 3.22.